The topological polar surface area (TPSA) is 30.8 Å². The molecule has 0 aromatic heterocycles. The first-order valence-corrected chi connectivity index (χ1v) is 14.9. The molecule has 0 aliphatic rings. The fourth-order valence-electron chi connectivity index (χ4n) is 4.42. The summed E-state index contributed by atoms with van der Waals surface area (Å²) in [5, 5.41) is 8.36. The highest BCUT2D eigenvalue weighted by molar-refractivity contribution is 7.95. The van der Waals surface area contributed by atoms with E-state index in [-0.39, 0.29) is 22.6 Å². The van der Waals surface area contributed by atoms with Crippen LogP contribution < -0.4 is 37.6 Å². The van der Waals surface area contributed by atoms with Gasteiger partial charge in [-0.25, -0.2) is 0 Å². The molecule has 198 valence electrons. The molecule has 3 nitrogen and oxygen atoms in total. The summed E-state index contributed by atoms with van der Waals surface area (Å²) < 4.78 is 6.09. The van der Waals surface area contributed by atoms with E-state index in [9.17, 15) is 0 Å². The van der Waals surface area contributed by atoms with Crippen LogP contribution in [0.25, 0.3) is 0 Å². The normalized spacial score (nSPS) is 11.7. The van der Waals surface area contributed by atoms with Crippen molar-refractivity contribution in [1.29, 1.82) is 0 Å². The number of ether oxygens (including phenoxy) is 1. The quantitative estimate of drug-likeness (QED) is 0.115. The van der Waals surface area contributed by atoms with Crippen LogP contribution in [-0.2, 0) is 4.84 Å². The summed E-state index contributed by atoms with van der Waals surface area (Å²) in [7, 11) is -1.78. The molecule has 4 aromatic carbocycles. The molecule has 5 heteroatoms. The second-order valence-electron chi connectivity index (χ2n) is 10.1. The van der Waals surface area contributed by atoms with Crippen molar-refractivity contribution >= 4 is 29.4 Å². The number of rotatable bonds is 11. The monoisotopic (exact) mass is 589 g/mol. The van der Waals surface area contributed by atoms with Crippen LogP contribution in [0.4, 0.5) is 0 Å². The summed E-state index contributed by atoms with van der Waals surface area (Å²) >= 11 is 0. The largest absolute Gasteiger partial charge is 1.00 e. The molecule has 0 radical (unpaired) electrons. The summed E-state index contributed by atoms with van der Waals surface area (Å²) in [6.07, 6.45) is 4.92. The molecular weight excluding hydrogens is 553 g/mol. The second-order valence-corrected chi connectivity index (χ2v) is 13.7. The van der Waals surface area contributed by atoms with E-state index in [4.69, 9.17) is 9.57 Å². The Balaban J connectivity index is 0.00000400. The highest BCUT2D eigenvalue weighted by Gasteiger charge is 2.44. The number of halogens is 1. The predicted octanol–water partition coefficient (Wildman–Crippen LogP) is 3.99. The molecule has 0 amide bonds. The van der Waals surface area contributed by atoms with Crippen molar-refractivity contribution in [3.63, 3.8) is 0 Å². The molecule has 0 N–H and O–H groups in total. The van der Waals surface area contributed by atoms with Gasteiger partial charge < -0.3 is 26.6 Å². The molecule has 4 aromatic rings. The van der Waals surface area contributed by atoms with Crippen molar-refractivity contribution in [3.8, 4) is 5.75 Å². The number of nitrogens with zero attached hydrogens (tertiary/aromatic N) is 1. The third kappa shape index (κ3) is 8.03. The van der Waals surface area contributed by atoms with Gasteiger partial charge in [-0.3, -0.25) is 0 Å². The summed E-state index contributed by atoms with van der Waals surface area (Å²) in [6, 6.07) is 41.2. The molecule has 0 fully saturated rings. The summed E-state index contributed by atoms with van der Waals surface area (Å²) in [5.74, 6) is 0.879. The Morgan fingerprint density at radius 3 is 1.58 bits per heavy atom. The molecule has 0 unspecified atom stereocenters. The second kappa shape index (κ2) is 14.3. The molecule has 0 saturated carbocycles. The van der Waals surface area contributed by atoms with Crippen LogP contribution in [0.15, 0.2) is 120 Å². The summed E-state index contributed by atoms with van der Waals surface area (Å²) in [4.78, 5) is 5.42. The smallest absolute Gasteiger partial charge is 0.129 e. The summed E-state index contributed by atoms with van der Waals surface area (Å²) in [6.45, 7) is 6.63. The van der Waals surface area contributed by atoms with E-state index in [0.29, 0.717) is 6.61 Å². The Labute approximate surface area is 239 Å². The number of hydrogen-bond acceptors (Lipinski definition) is 3. The molecular formula is C33H37BrNO2P. The minimum Gasteiger partial charge on any atom is -1.00 e. The van der Waals surface area contributed by atoms with Gasteiger partial charge in [0.15, 0.2) is 0 Å². The van der Waals surface area contributed by atoms with Crippen molar-refractivity contribution in [2.45, 2.75) is 39.2 Å². The first-order chi connectivity index (χ1) is 18.0. The van der Waals surface area contributed by atoms with E-state index >= 15 is 0 Å². The van der Waals surface area contributed by atoms with E-state index in [1.165, 1.54) is 15.9 Å². The van der Waals surface area contributed by atoms with Crippen LogP contribution in [0, 0.1) is 0 Å². The zero-order valence-corrected chi connectivity index (χ0v) is 24.9. The van der Waals surface area contributed by atoms with E-state index in [0.717, 1.165) is 30.3 Å². The van der Waals surface area contributed by atoms with Gasteiger partial charge in [0.25, 0.3) is 0 Å². The summed E-state index contributed by atoms with van der Waals surface area (Å²) in [5.41, 5.74) is 0.695. The molecule has 0 aliphatic heterocycles. The molecule has 0 spiro atoms. The SMILES string of the molecule is CC(C)(C)ON=Cc1ccc(OCCCC[P+](c2ccccc2)(c2ccccc2)c2ccccc2)cc1.[Br-]. The zero-order valence-electron chi connectivity index (χ0n) is 22.5. The van der Waals surface area contributed by atoms with Gasteiger partial charge in [-0.15, -0.1) is 0 Å². The Kier molecular flexibility index (Phi) is 11.1. The lowest BCUT2D eigenvalue weighted by molar-refractivity contribution is -0.000150. The van der Waals surface area contributed by atoms with Crippen LogP contribution in [0.1, 0.15) is 39.2 Å². The lowest BCUT2D eigenvalue weighted by Gasteiger charge is -2.27. The van der Waals surface area contributed by atoms with Gasteiger partial charge in [0.1, 0.15) is 34.5 Å². The highest BCUT2D eigenvalue weighted by Crippen LogP contribution is 2.55. The Morgan fingerprint density at radius 2 is 1.13 bits per heavy atom. The van der Waals surface area contributed by atoms with Crippen molar-refractivity contribution in [2.75, 3.05) is 12.8 Å². The predicted molar refractivity (Wildman–Crippen MR) is 160 cm³/mol. The first kappa shape index (κ1) is 29.6. The van der Waals surface area contributed by atoms with E-state index in [2.05, 4.69) is 96.2 Å². The van der Waals surface area contributed by atoms with Crippen molar-refractivity contribution in [3.05, 3.63) is 121 Å². The molecule has 0 saturated heterocycles. The van der Waals surface area contributed by atoms with Crippen LogP contribution in [0.3, 0.4) is 0 Å². The Bertz CT molecular complexity index is 1140. The number of unbranched alkanes of at least 4 members (excludes halogenated alkanes) is 1. The number of benzene rings is 4. The molecule has 4 rings (SSSR count). The van der Waals surface area contributed by atoms with Gasteiger partial charge in [0.05, 0.1) is 19.0 Å². The van der Waals surface area contributed by atoms with Gasteiger partial charge >= 0.3 is 0 Å². The van der Waals surface area contributed by atoms with Crippen LogP contribution in [0.5, 0.6) is 5.75 Å². The fraction of sp³-hybridized carbons (Fsp3) is 0.242. The third-order valence-electron chi connectivity index (χ3n) is 6.16. The standard InChI is InChI=1S/C33H37NO2P.BrH/c1-33(2,3)36-34-27-28-21-23-29(24-22-28)35-25-13-14-26-37(30-15-7-4-8-16-30,31-17-9-5-10-18-31)32-19-11-6-12-20-32;/h4-12,15-24,27H,13-14,25-26H2,1-3H3;1H/q+1;/p-1. The third-order valence-corrected chi connectivity index (χ3v) is 10.7. The average molecular weight is 591 g/mol. The lowest BCUT2D eigenvalue weighted by Crippen LogP contribution is -3.00. The van der Waals surface area contributed by atoms with Gasteiger partial charge in [0.2, 0.25) is 0 Å². The molecule has 0 aliphatic carbocycles. The van der Waals surface area contributed by atoms with Gasteiger partial charge in [-0.05, 0) is 99.8 Å². The minimum atomic E-state index is -1.78. The maximum absolute atomic E-state index is 6.09. The van der Waals surface area contributed by atoms with Crippen LogP contribution >= 0.6 is 7.26 Å². The van der Waals surface area contributed by atoms with Crippen molar-refractivity contribution in [1.82, 2.24) is 0 Å². The van der Waals surface area contributed by atoms with Gasteiger partial charge in [-0.1, -0.05) is 59.8 Å². The average Bonchev–Trinajstić information content (AvgIpc) is 2.92. The van der Waals surface area contributed by atoms with Crippen LogP contribution in [0.2, 0.25) is 0 Å². The lowest BCUT2D eigenvalue weighted by atomic mass is 10.2. The van der Waals surface area contributed by atoms with Crippen LogP contribution in [-0.4, -0.2) is 24.6 Å². The van der Waals surface area contributed by atoms with Crippen molar-refractivity contribution in [2.24, 2.45) is 5.16 Å². The van der Waals surface area contributed by atoms with Gasteiger partial charge in [0, 0.05) is 0 Å². The van der Waals surface area contributed by atoms with Gasteiger partial charge in [-0.2, -0.15) is 0 Å². The Morgan fingerprint density at radius 1 is 0.658 bits per heavy atom. The van der Waals surface area contributed by atoms with E-state index in [1.54, 1.807) is 6.21 Å². The van der Waals surface area contributed by atoms with E-state index < -0.39 is 7.26 Å². The first-order valence-electron chi connectivity index (χ1n) is 13.0. The zero-order chi connectivity index (χ0) is 26.0. The number of hydrogen-bond donors (Lipinski definition) is 0. The molecule has 0 heterocycles. The fourth-order valence-corrected chi connectivity index (χ4v) is 8.83. The maximum Gasteiger partial charge on any atom is 0.129 e. The van der Waals surface area contributed by atoms with Crippen molar-refractivity contribution < 1.29 is 26.6 Å². The molecule has 38 heavy (non-hydrogen) atoms. The number of oxime groups is 1. The highest BCUT2D eigenvalue weighted by atomic mass is 79.9. The van der Waals surface area contributed by atoms with E-state index in [1.807, 2.05) is 45.0 Å². The minimum absolute atomic E-state index is 0. The molecule has 0 bridgehead atoms. The molecule has 0 atom stereocenters. The Hall–Kier alpha value is -2.94. The maximum atomic E-state index is 6.09.